The number of hydrogen-bond donors (Lipinski definition) is 1. The quantitative estimate of drug-likeness (QED) is 0.740. The van der Waals surface area contributed by atoms with Gasteiger partial charge in [0.25, 0.3) is 0 Å². The number of nitrogens with two attached hydrogens (primary N) is 1. The Kier molecular flexibility index (Phi) is 2.28. The van der Waals surface area contributed by atoms with Gasteiger partial charge in [0, 0.05) is 16.3 Å². The predicted octanol–water partition coefficient (Wildman–Crippen LogP) is 2.21. The predicted molar refractivity (Wildman–Crippen MR) is 54.4 cm³/mol. The minimum Gasteiger partial charge on any atom is -0.327 e. The SMILES string of the molecule is NC/C=C/c1cc2c(s1)CCC2. The van der Waals surface area contributed by atoms with Crippen LogP contribution < -0.4 is 5.73 Å². The van der Waals surface area contributed by atoms with Gasteiger partial charge in [-0.15, -0.1) is 11.3 Å². The van der Waals surface area contributed by atoms with E-state index in [1.54, 1.807) is 10.4 Å². The van der Waals surface area contributed by atoms with Crippen LogP contribution in [0.4, 0.5) is 0 Å². The fourth-order valence-corrected chi connectivity index (χ4v) is 2.81. The molecular formula is C10H13NS. The van der Waals surface area contributed by atoms with Gasteiger partial charge in [0.15, 0.2) is 0 Å². The fourth-order valence-electron chi connectivity index (χ4n) is 1.62. The van der Waals surface area contributed by atoms with E-state index in [1.807, 2.05) is 17.4 Å². The number of hydrogen-bond acceptors (Lipinski definition) is 2. The lowest BCUT2D eigenvalue weighted by atomic mass is 10.2. The topological polar surface area (TPSA) is 26.0 Å². The molecule has 0 unspecified atom stereocenters. The molecule has 1 aromatic rings. The van der Waals surface area contributed by atoms with Crippen LogP contribution in [0.5, 0.6) is 0 Å². The number of thiophene rings is 1. The van der Waals surface area contributed by atoms with Crippen LogP contribution in [0.1, 0.15) is 21.7 Å². The third-order valence-corrected chi connectivity index (χ3v) is 3.39. The summed E-state index contributed by atoms with van der Waals surface area (Å²) in [4.78, 5) is 2.96. The van der Waals surface area contributed by atoms with Gasteiger partial charge in [-0.05, 0) is 37.0 Å². The van der Waals surface area contributed by atoms with Gasteiger partial charge in [0.05, 0.1) is 0 Å². The maximum atomic E-state index is 5.39. The molecule has 1 heterocycles. The summed E-state index contributed by atoms with van der Waals surface area (Å²) in [5.74, 6) is 0. The van der Waals surface area contributed by atoms with Crippen molar-refractivity contribution in [3.05, 3.63) is 27.5 Å². The zero-order chi connectivity index (χ0) is 8.39. The Hall–Kier alpha value is -0.600. The highest BCUT2D eigenvalue weighted by Gasteiger charge is 2.13. The Morgan fingerprint density at radius 2 is 2.42 bits per heavy atom. The summed E-state index contributed by atoms with van der Waals surface area (Å²) in [7, 11) is 0. The van der Waals surface area contributed by atoms with Gasteiger partial charge in [-0.3, -0.25) is 0 Å². The van der Waals surface area contributed by atoms with Crippen LogP contribution in [0, 0.1) is 0 Å². The highest BCUT2D eigenvalue weighted by atomic mass is 32.1. The van der Waals surface area contributed by atoms with Crippen molar-refractivity contribution in [1.82, 2.24) is 0 Å². The molecule has 1 nitrogen and oxygen atoms in total. The maximum absolute atomic E-state index is 5.39. The highest BCUT2D eigenvalue weighted by Crippen LogP contribution is 2.31. The first-order valence-electron chi connectivity index (χ1n) is 4.38. The molecule has 1 aliphatic rings. The van der Waals surface area contributed by atoms with E-state index in [-0.39, 0.29) is 0 Å². The summed E-state index contributed by atoms with van der Waals surface area (Å²) in [5.41, 5.74) is 6.95. The molecule has 0 amide bonds. The van der Waals surface area contributed by atoms with E-state index in [2.05, 4.69) is 12.1 Å². The van der Waals surface area contributed by atoms with E-state index in [4.69, 9.17) is 5.73 Å². The first-order chi connectivity index (χ1) is 5.90. The van der Waals surface area contributed by atoms with Crippen LogP contribution in [0.2, 0.25) is 0 Å². The monoisotopic (exact) mass is 179 g/mol. The Labute approximate surface area is 76.9 Å². The summed E-state index contributed by atoms with van der Waals surface area (Å²) < 4.78 is 0. The largest absolute Gasteiger partial charge is 0.327 e. The lowest BCUT2D eigenvalue weighted by Gasteiger charge is -1.85. The standard InChI is InChI=1S/C10H13NS/c11-6-2-4-9-7-8-3-1-5-10(8)12-9/h2,4,7H,1,3,5-6,11H2/b4-2+. The second-order valence-electron chi connectivity index (χ2n) is 3.09. The Bertz CT molecular complexity index is 277. The fraction of sp³-hybridized carbons (Fsp3) is 0.400. The molecule has 0 radical (unpaired) electrons. The number of aryl methyl sites for hydroxylation is 2. The minimum absolute atomic E-state index is 0.641. The third-order valence-electron chi connectivity index (χ3n) is 2.18. The molecule has 2 heteroatoms. The second kappa shape index (κ2) is 3.42. The Balaban J connectivity index is 2.20. The van der Waals surface area contributed by atoms with Crippen LogP contribution in [-0.2, 0) is 12.8 Å². The van der Waals surface area contributed by atoms with Crippen molar-refractivity contribution in [2.24, 2.45) is 5.73 Å². The van der Waals surface area contributed by atoms with E-state index >= 15 is 0 Å². The average molecular weight is 179 g/mol. The number of rotatable bonds is 2. The summed E-state index contributed by atoms with van der Waals surface area (Å²) >= 11 is 1.92. The summed E-state index contributed by atoms with van der Waals surface area (Å²) in [5, 5.41) is 0. The third kappa shape index (κ3) is 1.45. The molecule has 0 atom stereocenters. The number of fused-ring (bicyclic) bond motifs is 1. The molecule has 0 aliphatic heterocycles. The molecule has 64 valence electrons. The summed E-state index contributed by atoms with van der Waals surface area (Å²) in [6, 6.07) is 2.30. The minimum atomic E-state index is 0.641. The summed E-state index contributed by atoms with van der Waals surface area (Å²) in [6.45, 7) is 0.641. The van der Waals surface area contributed by atoms with Gasteiger partial charge < -0.3 is 5.73 Å². The van der Waals surface area contributed by atoms with Crippen LogP contribution in [0.3, 0.4) is 0 Å². The van der Waals surface area contributed by atoms with E-state index < -0.39 is 0 Å². The van der Waals surface area contributed by atoms with Gasteiger partial charge >= 0.3 is 0 Å². The van der Waals surface area contributed by atoms with Crippen molar-refractivity contribution in [2.45, 2.75) is 19.3 Å². The van der Waals surface area contributed by atoms with Crippen molar-refractivity contribution in [3.8, 4) is 0 Å². The van der Waals surface area contributed by atoms with Crippen molar-refractivity contribution in [1.29, 1.82) is 0 Å². The molecule has 0 fully saturated rings. The molecule has 12 heavy (non-hydrogen) atoms. The Morgan fingerprint density at radius 1 is 1.50 bits per heavy atom. The van der Waals surface area contributed by atoms with Crippen molar-refractivity contribution in [2.75, 3.05) is 6.54 Å². The molecule has 0 spiro atoms. The van der Waals surface area contributed by atoms with E-state index in [0.717, 1.165) is 0 Å². The molecule has 0 aromatic carbocycles. The molecule has 2 N–H and O–H groups in total. The molecular weight excluding hydrogens is 166 g/mol. The normalized spacial score (nSPS) is 15.8. The van der Waals surface area contributed by atoms with Crippen molar-refractivity contribution in [3.63, 3.8) is 0 Å². The molecule has 1 aromatic heterocycles. The van der Waals surface area contributed by atoms with Gasteiger partial charge in [-0.1, -0.05) is 6.08 Å². The van der Waals surface area contributed by atoms with E-state index in [1.165, 1.54) is 24.1 Å². The van der Waals surface area contributed by atoms with Gasteiger partial charge in [0.1, 0.15) is 0 Å². The van der Waals surface area contributed by atoms with E-state index in [9.17, 15) is 0 Å². The van der Waals surface area contributed by atoms with Crippen LogP contribution >= 0.6 is 11.3 Å². The maximum Gasteiger partial charge on any atom is 0.0273 e. The second-order valence-corrected chi connectivity index (χ2v) is 4.26. The van der Waals surface area contributed by atoms with Gasteiger partial charge in [-0.2, -0.15) is 0 Å². The lowest BCUT2D eigenvalue weighted by molar-refractivity contribution is 0.914. The molecule has 2 rings (SSSR count). The zero-order valence-electron chi connectivity index (χ0n) is 7.05. The average Bonchev–Trinajstić information content (AvgIpc) is 2.58. The zero-order valence-corrected chi connectivity index (χ0v) is 7.86. The van der Waals surface area contributed by atoms with Gasteiger partial charge in [-0.25, -0.2) is 0 Å². The molecule has 0 bridgehead atoms. The molecule has 0 saturated heterocycles. The van der Waals surface area contributed by atoms with Crippen molar-refractivity contribution < 1.29 is 0 Å². The van der Waals surface area contributed by atoms with Gasteiger partial charge in [0.2, 0.25) is 0 Å². The van der Waals surface area contributed by atoms with Crippen LogP contribution in [0.25, 0.3) is 6.08 Å². The molecule has 0 saturated carbocycles. The van der Waals surface area contributed by atoms with Crippen molar-refractivity contribution >= 4 is 17.4 Å². The first-order valence-corrected chi connectivity index (χ1v) is 5.20. The Morgan fingerprint density at radius 3 is 3.17 bits per heavy atom. The highest BCUT2D eigenvalue weighted by molar-refractivity contribution is 7.13. The smallest absolute Gasteiger partial charge is 0.0273 e. The van der Waals surface area contributed by atoms with Crippen LogP contribution in [0.15, 0.2) is 12.1 Å². The van der Waals surface area contributed by atoms with Crippen LogP contribution in [-0.4, -0.2) is 6.54 Å². The van der Waals surface area contributed by atoms with E-state index in [0.29, 0.717) is 6.54 Å². The lowest BCUT2D eigenvalue weighted by Crippen LogP contribution is -1.91. The first kappa shape index (κ1) is 8.02. The molecule has 1 aliphatic carbocycles. The summed E-state index contributed by atoms with van der Waals surface area (Å²) in [6.07, 6.45) is 8.06.